The maximum absolute atomic E-state index is 2.40. The van der Waals surface area contributed by atoms with Gasteiger partial charge in [0.15, 0.2) is 6.20 Å². The van der Waals surface area contributed by atoms with Gasteiger partial charge < -0.3 is 0 Å². The minimum absolute atomic E-state index is 0.803. The fourth-order valence-corrected chi connectivity index (χ4v) is 3.29. The van der Waals surface area contributed by atoms with Crippen molar-refractivity contribution in [2.75, 3.05) is 0 Å². The molecule has 1 heterocycles. The first-order valence-electron chi connectivity index (χ1n) is 7.31. The molecule has 1 fully saturated rings. The highest BCUT2D eigenvalue weighted by molar-refractivity contribution is 5.61. The summed E-state index contributed by atoms with van der Waals surface area (Å²) in [5.74, 6) is 0.803. The van der Waals surface area contributed by atoms with E-state index in [-0.39, 0.29) is 0 Å². The maximum Gasteiger partial charge on any atom is 0.212 e. The lowest BCUT2D eigenvalue weighted by Gasteiger charge is -2.12. The highest BCUT2D eigenvalue weighted by Gasteiger charge is 2.18. The largest absolute Gasteiger partial charge is 0.212 e. The molecule has 0 saturated heterocycles. The summed E-state index contributed by atoms with van der Waals surface area (Å²) in [6.07, 6.45) is 7.66. The summed E-state index contributed by atoms with van der Waals surface area (Å²) in [7, 11) is 2.11. The predicted molar refractivity (Wildman–Crippen MR) is 79.0 cm³/mol. The summed E-state index contributed by atoms with van der Waals surface area (Å²) in [6, 6.07) is 13.4. The molecule has 1 nitrogen and oxygen atoms in total. The van der Waals surface area contributed by atoms with Crippen molar-refractivity contribution in [3.05, 3.63) is 53.7 Å². The van der Waals surface area contributed by atoms with Crippen LogP contribution in [0, 0.1) is 6.92 Å². The first-order valence-corrected chi connectivity index (χ1v) is 7.31. The van der Waals surface area contributed by atoms with Crippen LogP contribution in [0.5, 0.6) is 0 Å². The summed E-state index contributed by atoms with van der Waals surface area (Å²) in [6.45, 7) is 2.24. The van der Waals surface area contributed by atoms with E-state index in [1.54, 1.807) is 0 Å². The van der Waals surface area contributed by atoms with Crippen molar-refractivity contribution in [3.63, 3.8) is 0 Å². The van der Waals surface area contributed by atoms with Crippen molar-refractivity contribution in [2.24, 2.45) is 7.05 Å². The normalized spacial score (nSPS) is 15.9. The molecule has 0 spiro atoms. The zero-order chi connectivity index (χ0) is 13.2. The average molecular weight is 252 g/mol. The molecule has 0 aliphatic heterocycles. The molecular weight excluding hydrogens is 230 g/mol. The fourth-order valence-electron chi connectivity index (χ4n) is 3.29. The van der Waals surface area contributed by atoms with E-state index in [1.165, 1.54) is 48.1 Å². The van der Waals surface area contributed by atoms with E-state index in [0.717, 1.165) is 5.92 Å². The van der Waals surface area contributed by atoms with Crippen LogP contribution in [-0.2, 0) is 7.05 Å². The molecule has 0 radical (unpaired) electrons. The van der Waals surface area contributed by atoms with Gasteiger partial charge in [0, 0.05) is 17.7 Å². The molecule has 1 aliphatic carbocycles. The minimum Gasteiger partial charge on any atom is -0.201 e. The maximum atomic E-state index is 2.40. The van der Waals surface area contributed by atoms with Gasteiger partial charge in [-0.05, 0) is 48.9 Å². The third kappa shape index (κ3) is 2.42. The number of benzene rings is 1. The van der Waals surface area contributed by atoms with E-state index in [0.29, 0.717) is 0 Å². The SMILES string of the molecule is Cc1cc(C2CCCC2)ccc1-c1cccc[n+]1C. The third-order valence-corrected chi connectivity index (χ3v) is 4.41. The van der Waals surface area contributed by atoms with Crippen molar-refractivity contribution in [2.45, 2.75) is 38.5 Å². The Morgan fingerprint density at radius 2 is 1.84 bits per heavy atom. The first-order chi connectivity index (χ1) is 9.25. The van der Waals surface area contributed by atoms with Gasteiger partial charge in [0.1, 0.15) is 7.05 Å². The Morgan fingerprint density at radius 3 is 2.53 bits per heavy atom. The van der Waals surface area contributed by atoms with Gasteiger partial charge in [0.2, 0.25) is 5.69 Å². The second-order valence-electron chi connectivity index (χ2n) is 5.75. The predicted octanol–water partition coefficient (Wildman–Crippen LogP) is 4.14. The van der Waals surface area contributed by atoms with Gasteiger partial charge >= 0.3 is 0 Å². The van der Waals surface area contributed by atoms with E-state index in [4.69, 9.17) is 0 Å². The van der Waals surface area contributed by atoms with Crippen LogP contribution in [-0.4, -0.2) is 0 Å². The van der Waals surface area contributed by atoms with Crippen LogP contribution in [0.15, 0.2) is 42.6 Å². The zero-order valence-electron chi connectivity index (χ0n) is 11.9. The lowest BCUT2D eigenvalue weighted by atomic mass is 9.93. The van der Waals surface area contributed by atoms with E-state index in [2.05, 4.69) is 61.1 Å². The van der Waals surface area contributed by atoms with Crippen LogP contribution in [0.4, 0.5) is 0 Å². The van der Waals surface area contributed by atoms with E-state index < -0.39 is 0 Å². The van der Waals surface area contributed by atoms with Crippen LogP contribution < -0.4 is 4.57 Å². The summed E-state index contributed by atoms with van der Waals surface area (Å²) < 4.78 is 2.19. The topological polar surface area (TPSA) is 3.88 Å². The molecule has 0 amide bonds. The number of pyridine rings is 1. The van der Waals surface area contributed by atoms with Crippen molar-refractivity contribution < 1.29 is 4.57 Å². The van der Waals surface area contributed by atoms with Gasteiger partial charge in [-0.3, -0.25) is 0 Å². The van der Waals surface area contributed by atoms with E-state index in [1.807, 2.05) is 0 Å². The summed E-state index contributed by atoms with van der Waals surface area (Å²) in [4.78, 5) is 0. The highest BCUT2D eigenvalue weighted by atomic mass is 14.9. The third-order valence-electron chi connectivity index (χ3n) is 4.41. The standard InChI is InChI=1S/C18H22N/c1-14-13-16(15-7-3-4-8-15)10-11-17(14)18-9-5-6-12-19(18)2/h5-6,9-13,15H,3-4,7-8H2,1-2H3/q+1. The number of rotatable bonds is 2. The van der Waals surface area contributed by atoms with Gasteiger partial charge in [-0.2, -0.15) is 0 Å². The Kier molecular flexibility index (Phi) is 3.37. The first kappa shape index (κ1) is 12.4. The fraction of sp³-hybridized carbons (Fsp3) is 0.389. The molecule has 0 N–H and O–H groups in total. The zero-order valence-corrected chi connectivity index (χ0v) is 11.9. The molecule has 1 saturated carbocycles. The number of hydrogen-bond donors (Lipinski definition) is 0. The molecule has 1 aromatic heterocycles. The Bertz CT molecular complexity index is 580. The molecule has 1 heteroatoms. The molecular formula is C18H22N+. The van der Waals surface area contributed by atoms with Crippen LogP contribution in [0.1, 0.15) is 42.7 Å². The van der Waals surface area contributed by atoms with Gasteiger partial charge in [0.05, 0.1) is 0 Å². The van der Waals surface area contributed by atoms with Crippen molar-refractivity contribution in [1.82, 2.24) is 0 Å². The molecule has 1 aliphatic rings. The van der Waals surface area contributed by atoms with Crippen LogP contribution in [0.25, 0.3) is 11.3 Å². The lowest BCUT2D eigenvalue weighted by Crippen LogP contribution is -2.30. The summed E-state index contributed by atoms with van der Waals surface area (Å²) in [5, 5.41) is 0. The highest BCUT2D eigenvalue weighted by Crippen LogP contribution is 2.35. The van der Waals surface area contributed by atoms with Gasteiger partial charge in [-0.1, -0.05) is 25.0 Å². The van der Waals surface area contributed by atoms with Gasteiger partial charge in [-0.25, -0.2) is 4.57 Å². The van der Waals surface area contributed by atoms with Crippen LogP contribution in [0.2, 0.25) is 0 Å². The molecule has 3 rings (SSSR count). The molecule has 2 aromatic rings. The minimum atomic E-state index is 0.803. The van der Waals surface area contributed by atoms with Gasteiger partial charge in [-0.15, -0.1) is 0 Å². The van der Waals surface area contributed by atoms with E-state index in [9.17, 15) is 0 Å². The van der Waals surface area contributed by atoms with Crippen molar-refractivity contribution in [3.8, 4) is 11.3 Å². The number of nitrogens with zero attached hydrogens (tertiary/aromatic N) is 1. The number of aryl methyl sites for hydroxylation is 2. The molecule has 0 bridgehead atoms. The Hall–Kier alpha value is -1.63. The number of hydrogen-bond acceptors (Lipinski definition) is 0. The van der Waals surface area contributed by atoms with Crippen molar-refractivity contribution >= 4 is 0 Å². The monoisotopic (exact) mass is 252 g/mol. The Labute approximate surface area is 115 Å². The molecule has 0 unspecified atom stereocenters. The van der Waals surface area contributed by atoms with Crippen molar-refractivity contribution in [1.29, 1.82) is 0 Å². The second kappa shape index (κ2) is 5.16. The van der Waals surface area contributed by atoms with Crippen LogP contribution >= 0.6 is 0 Å². The molecule has 19 heavy (non-hydrogen) atoms. The second-order valence-corrected chi connectivity index (χ2v) is 5.75. The lowest BCUT2D eigenvalue weighted by molar-refractivity contribution is -0.660. The Morgan fingerprint density at radius 1 is 1.05 bits per heavy atom. The molecule has 1 aromatic carbocycles. The average Bonchev–Trinajstić information content (AvgIpc) is 2.94. The quantitative estimate of drug-likeness (QED) is 0.707. The Balaban J connectivity index is 1.98. The van der Waals surface area contributed by atoms with Gasteiger partial charge in [0.25, 0.3) is 0 Å². The van der Waals surface area contributed by atoms with Crippen LogP contribution in [0.3, 0.4) is 0 Å². The number of aromatic nitrogens is 1. The molecule has 98 valence electrons. The molecule has 0 atom stereocenters. The smallest absolute Gasteiger partial charge is 0.201 e. The summed E-state index contributed by atoms with van der Waals surface area (Å²) >= 11 is 0. The van der Waals surface area contributed by atoms with E-state index >= 15 is 0 Å². The summed E-state index contributed by atoms with van der Waals surface area (Å²) in [5.41, 5.74) is 5.58.